The van der Waals surface area contributed by atoms with E-state index in [2.05, 4.69) is 202 Å². The van der Waals surface area contributed by atoms with E-state index in [-0.39, 0.29) is 0 Å². The molecule has 0 spiro atoms. The van der Waals surface area contributed by atoms with Gasteiger partial charge in [0.15, 0.2) is 11.5 Å². The summed E-state index contributed by atoms with van der Waals surface area (Å²) in [6.07, 6.45) is 0. The molecule has 1 aliphatic heterocycles. The minimum Gasteiger partial charge on any atom is -0.456 e. The van der Waals surface area contributed by atoms with Crippen molar-refractivity contribution in [3.8, 4) is 50.8 Å². The molecule has 0 aliphatic carbocycles. The van der Waals surface area contributed by atoms with Crippen molar-refractivity contribution in [2.24, 2.45) is 0 Å². The van der Waals surface area contributed by atoms with Crippen LogP contribution in [-0.4, -0.2) is 13.7 Å². The van der Waals surface area contributed by atoms with Gasteiger partial charge in [-0.15, -0.1) is 0 Å². The molecule has 0 atom stereocenters. The summed E-state index contributed by atoms with van der Waals surface area (Å²) in [6.45, 7) is 0. The SMILES string of the molecule is c1ccc2c(c1)Oc1cccc3c4cc(-c5ccc(-n6c7ccccc7c7cc(-c8ccc9c(c8)c8ccccc8n9-c8ccc9c(c8)oc8ccccc89)ccc76)cc5)ccc4n-2c13. The molecule has 14 aromatic rings. The molecular formula is C60H35N3O2. The Morgan fingerprint density at radius 2 is 0.769 bits per heavy atom. The normalized spacial score (nSPS) is 12.4. The summed E-state index contributed by atoms with van der Waals surface area (Å²) in [6, 6.07) is 76.7. The first-order chi connectivity index (χ1) is 32.2. The fourth-order valence-corrected chi connectivity index (χ4v) is 10.9. The van der Waals surface area contributed by atoms with E-state index >= 15 is 0 Å². The highest BCUT2D eigenvalue weighted by atomic mass is 16.5. The maximum Gasteiger partial charge on any atom is 0.152 e. The molecule has 65 heavy (non-hydrogen) atoms. The second kappa shape index (κ2) is 12.9. The van der Waals surface area contributed by atoms with Crippen molar-refractivity contribution in [1.82, 2.24) is 13.7 Å². The quantitative estimate of drug-likeness (QED) is 0.177. The molecule has 0 amide bonds. The largest absolute Gasteiger partial charge is 0.456 e. The maximum atomic E-state index is 6.37. The number of ether oxygens (including phenoxy) is 1. The van der Waals surface area contributed by atoms with E-state index in [0.717, 1.165) is 61.5 Å². The van der Waals surface area contributed by atoms with Crippen LogP contribution in [-0.2, 0) is 0 Å². The lowest BCUT2D eigenvalue weighted by Gasteiger charge is -2.20. The minimum absolute atomic E-state index is 0.877. The fourth-order valence-electron chi connectivity index (χ4n) is 10.9. The molecule has 4 aromatic heterocycles. The van der Waals surface area contributed by atoms with Gasteiger partial charge in [0.25, 0.3) is 0 Å². The van der Waals surface area contributed by atoms with Gasteiger partial charge < -0.3 is 22.9 Å². The standard InChI is InChI=1S/C60H35N3O2/c1-4-14-50-42(10-1)47-33-38(39-24-30-53-48(34-39)43-11-2-5-15-51(43)62(53)41-27-28-45-44-12-3-7-17-56(44)64-59(45)35-41)23-29-52(47)61(50)40-25-20-36(21-26-40)37-22-31-54-49(32-37)46-13-9-19-58-60(46)63(54)55-16-6-8-18-57(55)65-58/h1-35H. The fraction of sp³-hybridized carbons (Fsp3) is 0. The van der Waals surface area contributed by atoms with Gasteiger partial charge in [0.1, 0.15) is 11.2 Å². The summed E-state index contributed by atoms with van der Waals surface area (Å²) in [4.78, 5) is 0. The van der Waals surface area contributed by atoms with Crippen LogP contribution in [0.4, 0.5) is 0 Å². The molecule has 1 aliphatic rings. The van der Waals surface area contributed by atoms with Crippen molar-refractivity contribution in [1.29, 1.82) is 0 Å². The lowest BCUT2D eigenvalue weighted by atomic mass is 10.0. The highest BCUT2D eigenvalue weighted by Gasteiger charge is 2.24. The van der Waals surface area contributed by atoms with Crippen LogP contribution in [0.3, 0.4) is 0 Å². The lowest BCUT2D eigenvalue weighted by molar-refractivity contribution is 0.476. The third-order valence-corrected chi connectivity index (χ3v) is 13.8. The molecule has 302 valence electrons. The Balaban J connectivity index is 0.818. The Hall–Kier alpha value is -8.80. The molecule has 15 rings (SSSR count). The van der Waals surface area contributed by atoms with Gasteiger partial charge in [0.05, 0.1) is 38.8 Å². The van der Waals surface area contributed by atoms with E-state index in [4.69, 9.17) is 9.15 Å². The highest BCUT2D eigenvalue weighted by molar-refractivity contribution is 6.15. The van der Waals surface area contributed by atoms with Crippen LogP contribution in [0.5, 0.6) is 11.5 Å². The van der Waals surface area contributed by atoms with Crippen LogP contribution in [0.2, 0.25) is 0 Å². The molecule has 5 heterocycles. The average Bonchev–Trinajstić information content (AvgIpc) is 4.10. The van der Waals surface area contributed by atoms with Crippen molar-refractivity contribution >= 4 is 87.4 Å². The summed E-state index contributed by atoms with van der Waals surface area (Å²) < 4.78 is 19.8. The summed E-state index contributed by atoms with van der Waals surface area (Å²) >= 11 is 0. The summed E-state index contributed by atoms with van der Waals surface area (Å²) in [7, 11) is 0. The van der Waals surface area contributed by atoms with Crippen molar-refractivity contribution in [2.75, 3.05) is 0 Å². The Morgan fingerprint density at radius 1 is 0.277 bits per heavy atom. The first-order valence-corrected chi connectivity index (χ1v) is 22.2. The predicted molar refractivity (Wildman–Crippen MR) is 268 cm³/mol. The molecule has 0 bridgehead atoms. The Bertz CT molecular complexity index is 4330. The number of furan rings is 1. The van der Waals surface area contributed by atoms with Crippen LogP contribution < -0.4 is 4.74 Å². The Kier molecular flexibility index (Phi) is 6.89. The van der Waals surface area contributed by atoms with Gasteiger partial charge in [-0.3, -0.25) is 0 Å². The minimum atomic E-state index is 0.877. The van der Waals surface area contributed by atoms with Crippen LogP contribution in [0, 0.1) is 0 Å². The van der Waals surface area contributed by atoms with Gasteiger partial charge >= 0.3 is 0 Å². The van der Waals surface area contributed by atoms with Crippen molar-refractivity contribution in [2.45, 2.75) is 0 Å². The number of nitrogens with zero attached hydrogens (tertiary/aromatic N) is 3. The van der Waals surface area contributed by atoms with Crippen LogP contribution >= 0.6 is 0 Å². The zero-order chi connectivity index (χ0) is 42.3. The molecule has 0 unspecified atom stereocenters. The van der Waals surface area contributed by atoms with E-state index in [0.29, 0.717) is 0 Å². The average molecular weight is 830 g/mol. The van der Waals surface area contributed by atoms with Crippen molar-refractivity contribution in [3.63, 3.8) is 0 Å². The highest BCUT2D eigenvalue weighted by Crippen LogP contribution is 2.46. The first kappa shape index (κ1) is 34.7. The number of benzene rings is 10. The second-order valence-electron chi connectivity index (χ2n) is 17.3. The van der Waals surface area contributed by atoms with E-state index in [9.17, 15) is 0 Å². The van der Waals surface area contributed by atoms with E-state index < -0.39 is 0 Å². The number of aromatic nitrogens is 3. The molecule has 0 fully saturated rings. The van der Waals surface area contributed by atoms with Gasteiger partial charge in [0, 0.05) is 60.5 Å². The van der Waals surface area contributed by atoms with Gasteiger partial charge in [-0.2, -0.15) is 0 Å². The Morgan fingerprint density at radius 3 is 1.49 bits per heavy atom. The van der Waals surface area contributed by atoms with Gasteiger partial charge in [-0.25, -0.2) is 0 Å². The third-order valence-electron chi connectivity index (χ3n) is 13.8. The number of rotatable bonds is 4. The molecule has 5 heteroatoms. The van der Waals surface area contributed by atoms with Crippen molar-refractivity contribution < 1.29 is 9.15 Å². The molecule has 0 saturated carbocycles. The summed E-state index contributed by atoms with van der Waals surface area (Å²) in [5.41, 5.74) is 16.8. The second-order valence-corrected chi connectivity index (χ2v) is 17.3. The monoisotopic (exact) mass is 829 g/mol. The van der Waals surface area contributed by atoms with E-state index in [1.54, 1.807) is 0 Å². The maximum absolute atomic E-state index is 6.37. The predicted octanol–water partition coefficient (Wildman–Crippen LogP) is 16.3. The number of fused-ring (bicyclic) bond motifs is 14. The first-order valence-electron chi connectivity index (χ1n) is 22.2. The zero-order valence-electron chi connectivity index (χ0n) is 34.9. The van der Waals surface area contributed by atoms with E-state index in [1.165, 1.54) is 76.6 Å². The van der Waals surface area contributed by atoms with Gasteiger partial charge in [-0.1, -0.05) is 109 Å². The molecule has 0 N–H and O–H groups in total. The van der Waals surface area contributed by atoms with Crippen molar-refractivity contribution in [3.05, 3.63) is 212 Å². The summed E-state index contributed by atoms with van der Waals surface area (Å²) in [5, 5.41) is 9.59. The van der Waals surface area contributed by atoms with Crippen LogP contribution in [0.1, 0.15) is 0 Å². The lowest BCUT2D eigenvalue weighted by Crippen LogP contribution is -2.03. The topological polar surface area (TPSA) is 37.2 Å². The Labute approximate surface area is 371 Å². The molecule has 0 radical (unpaired) electrons. The van der Waals surface area contributed by atoms with E-state index in [1.807, 2.05) is 24.3 Å². The van der Waals surface area contributed by atoms with Gasteiger partial charge in [0.2, 0.25) is 0 Å². The number of hydrogen-bond acceptors (Lipinski definition) is 2. The third kappa shape index (κ3) is 4.87. The van der Waals surface area contributed by atoms with Crippen LogP contribution in [0.25, 0.3) is 127 Å². The molecule has 0 saturated heterocycles. The molecular weight excluding hydrogens is 795 g/mol. The van der Waals surface area contributed by atoms with Gasteiger partial charge in [-0.05, 0) is 119 Å². The van der Waals surface area contributed by atoms with Crippen LogP contribution in [0.15, 0.2) is 217 Å². The smallest absolute Gasteiger partial charge is 0.152 e. The number of para-hydroxylation sites is 6. The number of hydrogen-bond donors (Lipinski definition) is 0. The summed E-state index contributed by atoms with van der Waals surface area (Å²) in [5.74, 6) is 1.77. The molecule has 10 aromatic carbocycles. The zero-order valence-corrected chi connectivity index (χ0v) is 34.9. The molecule has 5 nitrogen and oxygen atoms in total.